The molecule has 5 atom stereocenters. The van der Waals surface area contributed by atoms with Crippen LogP contribution in [0.25, 0.3) is 0 Å². The van der Waals surface area contributed by atoms with Crippen LogP contribution in [0.1, 0.15) is 34.1 Å². The molecule has 122 valence electrons. The highest BCUT2D eigenvalue weighted by Crippen LogP contribution is 2.45. The first kappa shape index (κ1) is 16.7. The quantitative estimate of drug-likeness (QED) is 0.443. The lowest BCUT2D eigenvalue weighted by atomic mass is 9.77. The van der Waals surface area contributed by atoms with Crippen LogP contribution in [0.15, 0.2) is 24.3 Å². The second kappa shape index (κ2) is 6.24. The second-order valence-electron chi connectivity index (χ2n) is 6.28. The van der Waals surface area contributed by atoms with Crippen LogP contribution in [-0.2, 0) is 23.8 Å². The third kappa shape index (κ3) is 3.40. The van der Waals surface area contributed by atoms with Crippen molar-refractivity contribution in [3.63, 3.8) is 0 Å². The fraction of sp³-hybridized carbons (Fsp3) is 0.647. The average molecular weight is 308 g/mol. The summed E-state index contributed by atoms with van der Waals surface area (Å²) in [6.07, 6.45) is 3.29. The average Bonchev–Trinajstić information content (AvgIpc) is 3.18. The molecule has 0 bridgehead atoms. The molecule has 0 aromatic heterocycles. The van der Waals surface area contributed by atoms with Crippen LogP contribution in [0.3, 0.4) is 0 Å². The molecule has 0 spiro atoms. The monoisotopic (exact) mass is 308 g/mol. The maximum Gasteiger partial charge on any atom is 0.309 e. The van der Waals surface area contributed by atoms with E-state index in [1.54, 1.807) is 12.2 Å². The predicted octanol–water partition coefficient (Wildman–Crippen LogP) is 2.41. The summed E-state index contributed by atoms with van der Waals surface area (Å²) >= 11 is 0. The van der Waals surface area contributed by atoms with Crippen LogP contribution in [-0.4, -0.2) is 36.4 Å². The molecule has 0 saturated carbocycles. The summed E-state index contributed by atoms with van der Waals surface area (Å²) < 4.78 is 16.4. The van der Waals surface area contributed by atoms with E-state index in [1.165, 1.54) is 6.92 Å². The van der Waals surface area contributed by atoms with E-state index in [4.69, 9.17) is 14.2 Å². The van der Waals surface area contributed by atoms with Gasteiger partial charge in [0.2, 0.25) is 0 Å². The van der Waals surface area contributed by atoms with Crippen molar-refractivity contribution in [2.45, 2.75) is 51.9 Å². The normalized spacial score (nSPS) is 34.9. The van der Waals surface area contributed by atoms with Gasteiger partial charge in [-0.2, -0.15) is 0 Å². The van der Waals surface area contributed by atoms with E-state index in [0.29, 0.717) is 12.2 Å². The van der Waals surface area contributed by atoms with Crippen LogP contribution in [0.4, 0.5) is 0 Å². The van der Waals surface area contributed by atoms with Gasteiger partial charge in [0.25, 0.3) is 0 Å². The fourth-order valence-corrected chi connectivity index (χ4v) is 2.69. The molecule has 2 rings (SSSR count). The van der Waals surface area contributed by atoms with Crippen molar-refractivity contribution >= 4 is 11.9 Å². The van der Waals surface area contributed by atoms with Crippen molar-refractivity contribution in [2.75, 3.05) is 6.61 Å². The van der Waals surface area contributed by atoms with Gasteiger partial charge in [-0.15, -0.1) is 0 Å². The minimum absolute atomic E-state index is 0.154. The van der Waals surface area contributed by atoms with Gasteiger partial charge in [-0.3, -0.25) is 9.59 Å². The molecule has 5 heteroatoms. The largest absolute Gasteiger partial charge is 0.458 e. The highest BCUT2D eigenvalue weighted by molar-refractivity contribution is 5.72. The number of esters is 2. The summed E-state index contributed by atoms with van der Waals surface area (Å²) in [7, 11) is 0. The number of carbonyl (C=O) groups excluding carboxylic acids is 2. The fourth-order valence-electron chi connectivity index (χ4n) is 2.69. The SMILES string of the molecule is C=C1C(OC(=O)C(C)CC)C=CC(OC(C)=O)C1C1(C)CO1. The molecule has 0 aromatic rings. The van der Waals surface area contributed by atoms with Gasteiger partial charge in [0.05, 0.1) is 24.0 Å². The molecule has 5 nitrogen and oxygen atoms in total. The summed E-state index contributed by atoms with van der Waals surface area (Å²) in [5, 5.41) is 0. The Kier molecular flexibility index (Phi) is 4.75. The molecule has 1 heterocycles. The Morgan fingerprint density at radius 3 is 2.59 bits per heavy atom. The Balaban J connectivity index is 2.16. The van der Waals surface area contributed by atoms with E-state index >= 15 is 0 Å². The first-order chi connectivity index (χ1) is 10.3. The van der Waals surface area contributed by atoms with E-state index in [1.807, 2.05) is 20.8 Å². The van der Waals surface area contributed by atoms with E-state index in [-0.39, 0.29) is 23.8 Å². The third-order valence-corrected chi connectivity index (χ3v) is 4.39. The Bertz CT molecular complexity index is 503. The van der Waals surface area contributed by atoms with E-state index in [9.17, 15) is 9.59 Å². The number of epoxide rings is 1. The van der Waals surface area contributed by atoms with E-state index < -0.39 is 17.8 Å². The zero-order valence-corrected chi connectivity index (χ0v) is 13.6. The molecular weight excluding hydrogens is 284 g/mol. The first-order valence-electron chi connectivity index (χ1n) is 7.67. The van der Waals surface area contributed by atoms with Gasteiger partial charge in [0, 0.05) is 6.92 Å². The number of carbonyl (C=O) groups is 2. The first-order valence-corrected chi connectivity index (χ1v) is 7.67. The van der Waals surface area contributed by atoms with Crippen LogP contribution in [0, 0.1) is 11.8 Å². The standard InChI is InChI=1S/C17H24O5/c1-6-10(2)16(19)22-13-7-8-14(21-12(4)18)15(11(13)3)17(5)9-20-17/h7-8,10,13-15H,3,6,9H2,1-2,4-5H3. The smallest absolute Gasteiger partial charge is 0.309 e. The van der Waals surface area contributed by atoms with E-state index in [2.05, 4.69) is 6.58 Å². The predicted molar refractivity (Wildman–Crippen MR) is 81.0 cm³/mol. The van der Waals surface area contributed by atoms with Gasteiger partial charge in [0.15, 0.2) is 0 Å². The Hall–Kier alpha value is -1.62. The van der Waals surface area contributed by atoms with Crippen molar-refractivity contribution in [1.29, 1.82) is 0 Å². The molecule has 0 aromatic carbocycles. The zero-order valence-electron chi connectivity index (χ0n) is 13.6. The van der Waals surface area contributed by atoms with Crippen molar-refractivity contribution < 1.29 is 23.8 Å². The molecule has 22 heavy (non-hydrogen) atoms. The maximum absolute atomic E-state index is 12.0. The van der Waals surface area contributed by atoms with Gasteiger partial charge in [-0.1, -0.05) is 20.4 Å². The molecule has 1 aliphatic heterocycles. The minimum Gasteiger partial charge on any atom is -0.458 e. The van der Waals surface area contributed by atoms with Crippen molar-refractivity contribution in [2.24, 2.45) is 11.8 Å². The molecular formula is C17H24O5. The summed E-state index contributed by atoms with van der Waals surface area (Å²) in [5.41, 5.74) is 0.300. The third-order valence-electron chi connectivity index (χ3n) is 4.39. The summed E-state index contributed by atoms with van der Waals surface area (Å²) in [6.45, 7) is 11.8. The van der Waals surface area contributed by atoms with Crippen LogP contribution >= 0.6 is 0 Å². The van der Waals surface area contributed by atoms with Gasteiger partial charge in [-0.05, 0) is 31.1 Å². The minimum atomic E-state index is -0.501. The molecule has 0 N–H and O–H groups in total. The lowest BCUT2D eigenvalue weighted by Crippen LogP contribution is -2.42. The second-order valence-corrected chi connectivity index (χ2v) is 6.28. The molecule has 1 fully saturated rings. The summed E-state index contributed by atoms with van der Waals surface area (Å²) in [5.74, 6) is -0.966. The summed E-state index contributed by atoms with van der Waals surface area (Å²) in [6, 6.07) is 0. The molecule has 1 saturated heterocycles. The molecule has 1 aliphatic carbocycles. The van der Waals surface area contributed by atoms with Crippen molar-refractivity contribution in [3.05, 3.63) is 24.3 Å². The lowest BCUT2D eigenvalue weighted by molar-refractivity contribution is -0.153. The van der Waals surface area contributed by atoms with Crippen molar-refractivity contribution in [3.8, 4) is 0 Å². The van der Waals surface area contributed by atoms with Crippen molar-refractivity contribution in [1.82, 2.24) is 0 Å². The topological polar surface area (TPSA) is 65.1 Å². The lowest BCUT2D eigenvalue weighted by Gasteiger charge is -2.35. The number of ether oxygens (including phenoxy) is 3. The Labute approximate surface area is 131 Å². The van der Waals surface area contributed by atoms with Gasteiger partial charge in [-0.25, -0.2) is 0 Å². The zero-order chi connectivity index (χ0) is 16.5. The Morgan fingerprint density at radius 1 is 1.45 bits per heavy atom. The number of hydrogen-bond acceptors (Lipinski definition) is 5. The number of rotatable bonds is 5. The molecule has 0 amide bonds. The molecule has 0 radical (unpaired) electrons. The van der Waals surface area contributed by atoms with Crippen LogP contribution in [0.5, 0.6) is 0 Å². The summed E-state index contributed by atoms with van der Waals surface area (Å²) in [4.78, 5) is 23.3. The van der Waals surface area contributed by atoms with Crippen LogP contribution in [0.2, 0.25) is 0 Å². The van der Waals surface area contributed by atoms with E-state index in [0.717, 1.165) is 6.42 Å². The molecule has 2 aliphatic rings. The maximum atomic E-state index is 12.0. The highest BCUT2D eigenvalue weighted by atomic mass is 16.6. The van der Waals surface area contributed by atoms with Gasteiger partial charge < -0.3 is 14.2 Å². The number of hydrogen-bond donors (Lipinski definition) is 0. The Morgan fingerprint density at radius 2 is 2.09 bits per heavy atom. The van der Waals surface area contributed by atoms with Crippen LogP contribution < -0.4 is 0 Å². The molecule has 5 unspecified atom stereocenters. The highest BCUT2D eigenvalue weighted by Gasteiger charge is 2.54. The van der Waals surface area contributed by atoms with Gasteiger partial charge in [0.1, 0.15) is 12.2 Å². The van der Waals surface area contributed by atoms with Gasteiger partial charge >= 0.3 is 11.9 Å².